The molecule has 72 valence electrons. The lowest BCUT2D eigenvalue weighted by atomic mass is 10.1. The Kier molecular flexibility index (Phi) is 2.57. The molecule has 0 heterocycles. The van der Waals surface area contributed by atoms with Gasteiger partial charge in [0.1, 0.15) is 11.3 Å². The molecular formula is C8H6N2O4. The summed E-state index contributed by atoms with van der Waals surface area (Å²) in [5.41, 5.74) is 3.93. The molecule has 0 unspecified atom stereocenters. The minimum Gasteiger partial charge on any atom is -0.478 e. The van der Waals surface area contributed by atoms with E-state index in [1.807, 2.05) is 0 Å². The lowest BCUT2D eigenvalue weighted by Gasteiger charge is -2.02. The second-order valence-electron chi connectivity index (χ2n) is 2.46. The summed E-state index contributed by atoms with van der Waals surface area (Å²) in [5, 5.41) is 11.2. The molecule has 0 atom stereocenters. The van der Waals surface area contributed by atoms with Gasteiger partial charge in [-0.15, -0.1) is 4.91 Å². The minimum atomic E-state index is -1.41. The Labute approximate surface area is 78.3 Å². The molecule has 1 aromatic carbocycles. The van der Waals surface area contributed by atoms with E-state index in [1.54, 1.807) is 0 Å². The number of primary amides is 1. The average Bonchev–Trinajstić information content (AvgIpc) is 2.16. The molecule has 0 spiro atoms. The van der Waals surface area contributed by atoms with E-state index in [-0.39, 0.29) is 11.3 Å². The van der Waals surface area contributed by atoms with Crippen molar-refractivity contribution in [2.45, 2.75) is 0 Å². The highest BCUT2D eigenvalue weighted by Crippen LogP contribution is 2.22. The van der Waals surface area contributed by atoms with Crippen LogP contribution in [0.1, 0.15) is 20.7 Å². The number of carboxylic acids is 1. The largest absolute Gasteiger partial charge is 0.478 e. The summed E-state index contributed by atoms with van der Waals surface area (Å²) in [5.74, 6) is -2.32. The van der Waals surface area contributed by atoms with Gasteiger partial charge in [0.05, 0.1) is 5.56 Å². The van der Waals surface area contributed by atoms with Crippen LogP contribution in [-0.4, -0.2) is 17.0 Å². The molecule has 0 bridgehead atoms. The molecule has 0 aromatic heterocycles. The Hall–Kier alpha value is -2.24. The minimum absolute atomic E-state index is 0.227. The Morgan fingerprint density at radius 3 is 2.43 bits per heavy atom. The number of carboxylic acid groups (broad SMARTS) is 1. The molecule has 0 saturated carbocycles. The Morgan fingerprint density at radius 1 is 1.36 bits per heavy atom. The zero-order chi connectivity index (χ0) is 10.7. The number of amides is 1. The summed E-state index contributed by atoms with van der Waals surface area (Å²) in [6.07, 6.45) is 0. The number of nitrogens with zero attached hydrogens (tertiary/aromatic N) is 1. The molecule has 6 heteroatoms. The monoisotopic (exact) mass is 194 g/mol. The highest BCUT2D eigenvalue weighted by molar-refractivity contribution is 6.07. The highest BCUT2D eigenvalue weighted by atomic mass is 16.4. The van der Waals surface area contributed by atoms with E-state index in [2.05, 4.69) is 5.18 Å². The lowest BCUT2D eigenvalue weighted by molar-refractivity contribution is 0.0693. The molecule has 1 aromatic rings. The van der Waals surface area contributed by atoms with Crippen LogP contribution < -0.4 is 5.73 Å². The van der Waals surface area contributed by atoms with Crippen molar-refractivity contribution in [1.82, 2.24) is 0 Å². The van der Waals surface area contributed by atoms with E-state index in [0.29, 0.717) is 0 Å². The molecule has 3 N–H and O–H groups in total. The van der Waals surface area contributed by atoms with Gasteiger partial charge >= 0.3 is 5.97 Å². The third kappa shape index (κ3) is 1.58. The van der Waals surface area contributed by atoms with Gasteiger partial charge < -0.3 is 10.8 Å². The molecule has 0 radical (unpaired) electrons. The third-order valence-corrected chi connectivity index (χ3v) is 1.62. The topological polar surface area (TPSA) is 110 Å². The molecule has 1 amide bonds. The number of hydrogen-bond donors (Lipinski definition) is 2. The van der Waals surface area contributed by atoms with E-state index >= 15 is 0 Å². The summed E-state index contributed by atoms with van der Waals surface area (Å²) in [6, 6.07) is 3.76. The smallest absolute Gasteiger partial charge is 0.338 e. The van der Waals surface area contributed by atoms with E-state index in [9.17, 15) is 14.5 Å². The van der Waals surface area contributed by atoms with Crippen LogP contribution in [0.15, 0.2) is 23.4 Å². The number of rotatable bonds is 3. The maximum absolute atomic E-state index is 10.8. The first-order chi connectivity index (χ1) is 6.57. The van der Waals surface area contributed by atoms with Crippen LogP contribution in [0.5, 0.6) is 0 Å². The number of benzene rings is 1. The maximum Gasteiger partial charge on any atom is 0.338 e. The summed E-state index contributed by atoms with van der Waals surface area (Å²) in [6.45, 7) is 0. The van der Waals surface area contributed by atoms with Crippen molar-refractivity contribution in [3.63, 3.8) is 0 Å². The van der Waals surface area contributed by atoms with Crippen LogP contribution in [0.4, 0.5) is 5.69 Å². The molecule has 0 fully saturated rings. The van der Waals surface area contributed by atoms with Crippen molar-refractivity contribution >= 4 is 17.6 Å². The van der Waals surface area contributed by atoms with E-state index in [1.165, 1.54) is 18.2 Å². The molecule has 0 aliphatic rings. The van der Waals surface area contributed by atoms with E-state index in [4.69, 9.17) is 10.8 Å². The first kappa shape index (κ1) is 9.85. The molecule has 0 saturated heterocycles. The number of nitroso groups, excluding NO2 is 1. The Morgan fingerprint density at radius 2 is 2.00 bits per heavy atom. The van der Waals surface area contributed by atoms with Gasteiger partial charge in [-0.1, -0.05) is 6.07 Å². The van der Waals surface area contributed by atoms with Gasteiger partial charge in [0.2, 0.25) is 5.91 Å². The van der Waals surface area contributed by atoms with Gasteiger partial charge in [-0.25, -0.2) is 4.79 Å². The predicted molar refractivity (Wildman–Crippen MR) is 47.4 cm³/mol. The fourth-order valence-corrected chi connectivity index (χ4v) is 1.05. The molecule has 1 rings (SSSR count). The number of carbonyl (C=O) groups excluding carboxylic acids is 1. The zero-order valence-electron chi connectivity index (χ0n) is 6.93. The van der Waals surface area contributed by atoms with Crippen molar-refractivity contribution < 1.29 is 14.7 Å². The Balaban J connectivity index is 3.51. The molecule has 14 heavy (non-hydrogen) atoms. The Bertz CT molecular complexity index is 414. The zero-order valence-corrected chi connectivity index (χ0v) is 6.93. The summed E-state index contributed by atoms with van der Waals surface area (Å²) < 4.78 is 0. The highest BCUT2D eigenvalue weighted by Gasteiger charge is 2.18. The summed E-state index contributed by atoms with van der Waals surface area (Å²) in [4.78, 5) is 31.7. The maximum atomic E-state index is 10.8. The fourth-order valence-electron chi connectivity index (χ4n) is 1.05. The van der Waals surface area contributed by atoms with Crippen LogP contribution in [0.25, 0.3) is 0 Å². The number of hydrogen-bond acceptors (Lipinski definition) is 4. The second kappa shape index (κ2) is 3.65. The summed E-state index contributed by atoms with van der Waals surface area (Å²) in [7, 11) is 0. The fraction of sp³-hybridized carbons (Fsp3) is 0. The van der Waals surface area contributed by atoms with Crippen molar-refractivity contribution in [1.29, 1.82) is 0 Å². The van der Waals surface area contributed by atoms with Gasteiger partial charge in [-0.05, 0) is 17.3 Å². The van der Waals surface area contributed by atoms with Crippen molar-refractivity contribution in [3.05, 3.63) is 34.2 Å². The lowest BCUT2D eigenvalue weighted by Crippen LogP contribution is -2.16. The standard InChI is InChI=1S/C8H6N2O4/c9-7(11)4-2-1-3-5(10-14)6(4)8(12)13/h1-3H,(H2,9,11)(H,12,13). The van der Waals surface area contributed by atoms with Gasteiger partial charge in [-0.2, -0.15) is 0 Å². The molecule has 0 aliphatic heterocycles. The van der Waals surface area contributed by atoms with Crippen molar-refractivity contribution in [3.8, 4) is 0 Å². The van der Waals surface area contributed by atoms with Crippen LogP contribution in [0.2, 0.25) is 0 Å². The number of carbonyl (C=O) groups is 2. The van der Waals surface area contributed by atoms with E-state index in [0.717, 1.165) is 0 Å². The quantitative estimate of drug-likeness (QED) is 0.695. The van der Waals surface area contributed by atoms with Crippen LogP contribution in [0, 0.1) is 4.91 Å². The normalized spacial score (nSPS) is 9.43. The van der Waals surface area contributed by atoms with Gasteiger partial charge in [0.15, 0.2) is 0 Å². The van der Waals surface area contributed by atoms with Crippen LogP contribution in [-0.2, 0) is 0 Å². The number of nitrogens with two attached hydrogens (primary N) is 1. The van der Waals surface area contributed by atoms with Gasteiger partial charge in [0, 0.05) is 0 Å². The van der Waals surface area contributed by atoms with Crippen LogP contribution >= 0.6 is 0 Å². The van der Waals surface area contributed by atoms with E-state index < -0.39 is 17.4 Å². The number of aromatic carboxylic acids is 1. The molecular weight excluding hydrogens is 188 g/mol. The SMILES string of the molecule is NC(=O)c1cccc(N=O)c1C(=O)O. The second-order valence-corrected chi connectivity index (χ2v) is 2.46. The third-order valence-electron chi connectivity index (χ3n) is 1.62. The average molecular weight is 194 g/mol. The molecule has 0 aliphatic carbocycles. The van der Waals surface area contributed by atoms with Crippen LogP contribution in [0.3, 0.4) is 0 Å². The van der Waals surface area contributed by atoms with Crippen molar-refractivity contribution in [2.24, 2.45) is 10.9 Å². The van der Waals surface area contributed by atoms with Gasteiger partial charge in [-0.3, -0.25) is 4.79 Å². The first-order valence-electron chi connectivity index (χ1n) is 3.57. The van der Waals surface area contributed by atoms with Gasteiger partial charge in [0.25, 0.3) is 0 Å². The summed E-state index contributed by atoms with van der Waals surface area (Å²) >= 11 is 0. The first-order valence-corrected chi connectivity index (χ1v) is 3.57. The predicted octanol–water partition coefficient (Wildman–Crippen LogP) is 0.882. The van der Waals surface area contributed by atoms with Crippen molar-refractivity contribution in [2.75, 3.05) is 0 Å². The molecule has 6 nitrogen and oxygen atoms in total.